The zero-order valence-electron chi connectivity index (χ0n) is 9.61. The number of nitrogens with one attached hydrogen (secondary N) is 1. The van der Waals surface area contributed by atoms with Crippen LogP contribution in [0.5, 0.6) is 0 Å². The number of aromatic nitrogens is 2. The fraction of sp³-hybridized carbons (Fsp3) is 0.167. The first-order valence-electron chi connectivity index (χ1n) is 5.45. The van der Waals surface area contributed by atoms with E-state index in [2.05, 4.69) is 15.3 Å². The predicted molar refractivity (Wildman–Crippen MR) is 65.7 cm³/mol. The van der Waals surface area contributed by atoms with E-state index in [-0.39, 0.29) is 5.69 Å². The minimum Gasteiger partial charge on any atom is -0.306 e. The van der Waals surface area contributed by atoms with Crippen LogP contribution in [0.2, 0.25) is 0 Å². The minimum absolute atomic E-state index is 0.102. The van der Waals surface area contributed by atoms with Crippen molar-refractivity contribution in [3.63, 3.8) is 0 Å². The average molecular weight is 244 g/mol. The third-order valence-corrected chi connectivity index (χ3v) is 2.35. The van der Waals surface area contributed by atoms with Crippen LogP contribution in [0.15, 0.2) is 42.7 Å². The fourth-order valence-corrected chi connectivity index (χ4v) is 1.52. The molecule has 0 amide bonds. The van der Waals surface area contributed by atoms with E-state index in [0.717, 1.165) is 5.56 Å². The predicted octanol–water partition coefficient (Wildman–Crippen LogP) is 1.67. The summed E-state index contributed by atoms with van der Waals surface area (Å²) in [5.74, 6) is 0.697. The normalized spacial score (nSPS) is 10.2. The van der Waals surface area contributed by atoms with E-state index in [1.807, 2.05) is 6.07 Å². The maximum Gasteiger partial charge on any atom is 0.269 e. The highest BCUT2D eigenvalue weighted by molar-refractivity contribution is 5.34. The summed E-state index contributed by atoms with van der Waals surface area (Å²) in [6.45, 7) is 1.07. The zero-order chi connectivity index (χ0) is 12.8. The van der Waals surface area contributed by atoms with Gasteiger partial charge in [-0.25, -0.2) is 9.97 Å². The van der Waals surface area contributed by atoms with Crippen LogP contribution in [0.25, 0.3) is 0 Å². The van der Waals surface area contributed by atoms with Crippen molar-refractivity contribution in [3.8, 4) is 0 Å². The van der Waals surface area contributed by atoms with E-state index in [4.69, 9.17) is 0 Å². The van der Waals surface area contributed by atoms with E-state index in [0.29, 0.717) is 18.9 Å². The summed E-state index contributed by atoms with van der Waals surface area (Å²) in [4.78, 5) is 18.4. The van der Waals surface area contributed by atoms with Crippen molar-refractivity contribution in [2.75, 3.05) is 0 Å². The lowest BCUT2D eigenvalue weighted by atomic mass is 10.2. The summed E-state index contributed by atoms with van der Waals surface area (Å²) in [5.41, 5.74) is 0.963. The van der Waals surface area contributed by atoms with Crippen LogP contribution < -0.4 is 5.32 Å². The van der Waals surface area contributed by atoms with Crippen LogP contribution in [0.3, 0.4) is 0 Å². The van der Waals surface area contributed by atoms with Crippen LogP contribution >= 0.6 is 0 Å². The molecule has 2 rings (SSSR count). The molecule has 1 heterocycles. The molecule has 6 nitrogen and oxygen atoms in total. The van der Waals surface area contributed by atoms with E-state index < -0.39 is 4.92 Å². The van der Waals surface area contributed by atoms with Gasteiger partial charge in [-0.1, -0.05) is 12.1 Å². The van der Waals surface area contributed by atoms with Crippen molar-refractivity contribution < 1.29 is 4.92 Å². The molecule has 92 valence electrons. The minimum atomic E-state index is -0.399. The molecular formula is C12H12N4O2. The van der Waals surface area contributed by atoms with Gasteiger partial charge in [0, 0.05) is 31.1 Å². The number of hydrogen-bond donors (Lipinski definition) is 1. The molecule has 0 fully saturated rings. The maximum atomic E-state index is 10.6. The summed E-state index contributed by atoms with van der Waals surface area (Å²) in [5, 5.41) is 13.8. The van der Waals surface area contributed by atoms with Gasteiger partial charge in [0.05, 0.1) is 11.5 Å². The Labute approximate surface area is 104 Å². The molecule has 0 atom stereocenters. The van der Waals surface area contributed by atoms with Crippen LogP contribution in [0.4, 0.5) is 5.69 Å². The van der Waals surface area contributed by atoms with E-state index in [1.54, 1.807) is 30.6 Å². The Morgan fingerprint density at radius 2 is 1.94 bits per heavy atom. The smallest absolute Gasteiger partial charge is 0.269 e. The summed E-state index contributed by atoms with van der Waals surface area (Å²) in [6, 6.07) is 8.30. The Kier molecular flexibility index (Phi) is 3.93. The number of rotatable bonds is 5. The lowest BCUT2D eigenvalue weighted by molar-refractivity contribution is -0.384. The highest BCUT2D eigenvalue weighted by Crippen LogP contribution is 2.12. The summed E-state index contributed by atoms with van der Waals surface area (Å²) < 4.78 is 0. The molecule has 0 aliphatic carbocycles. The Bertz CT molecular complexity index is 531. The molecule has 6 heteroatoms. The molecule has 0 spiro atoms. The molecule has 1 aromatic carbocycles. The molecule has 0 unspecified atom stereocenters. The standard InChI is InChI=1S/C12H12N4O2/c17-16(18)11-4-1-3-10(7-11)8-13-9-12-14-5-2-6-15-12/h1-7,13H,8-9H2. The lowest BCUT2D eigenvalue weighted by Gasteiger charge is -2.03. The van der Waals surface area contributed by atoms with Gasteiger partial charge in [0.1, 0.15) is 5.82 Å². The third kappa shape index (κ3) is 3.33. The monoisotopic (exact) mass is 244 g/mol. The van der Waals surface area contributed by atoms with Gasteiger partial charge < -0.3 is 5.32 Å². The van der Waals surface area contributed by atoms with Crippen LogP contribution in [0.1, 0.15) is 11.4 Å². The van der Waals surface area contributed by atoms with Crippen molar-refractivity contribution >= 4 is 5.69 Å². The quantitative estimate of drug-likeness (QED) is 0.639. The molecule has 1 aromatic heterocycles. The Morgan fingerprint density at radius 3 is 2.67 bits per heavy atom. The summed E-state index contributed by atoms with van der Waals surface area (Å²) in [6.07, 6.45) is 3.36. The molecule has 0 bridgehead atoms. The summed E-state index contributed by atoms with van der Waals surface area (Å²) in [7, 11) is 0. The SMILES string of the molecule is O=[N+]([O-])c1cccc(CNCc2ncccn2)c1. The molecule has 1 N–H and O–H groups in total. The van der Waals surface area contributed by atoms with Gasteiger partial charge in [-0.15, -0.1) is 0 Å². The van der Waals surface area contributed by atoms with Crippen molar-refractivity contribution in [2.24, 2.45) is 0 Å². The van der Waals surface area contributed by atoms with Crippen LogP contribution in [0, 0.1) is 10.1 Å². The second-order valence-electron chi connectivity index (χ2n) is 3.70. The average Bonchev–Trinajstić information content (AvgIpc) is 2.40. The number of benzene rings is 1. The van der Waals surface area contributed by atoms with Crippen molar-refractivity contribution in [2.45, 2.75) is 13.1 Å². The molecule has 0 aliphatic heterocycles. The van der Waals surface area contributed by atoms with Gasteiger partial charge in [0.25, 0.3) is 5.69 Å². The van der Waals surface area contributed by atoms with Crippen LogP contribution in [-0.2, 0) is 13.1 Å². The lowest BCUT2D eigenvalue weighted by Crippen LogP contribution is -2.14. The van der Waals surface area contributed by atoms with E-state index >= 15 is 0 Å². The Hall–Kier alpha value is -2.34. The van der Waals surface area contributed by atoms with Crippen molar-refractivity contribution in [3.05, 3.63) is 64.2 Å². The largest absolute Gasteiger partial charge is 0.306 e. The molecule has 0 radical (unpaired) electrons. The maximum absolute atomic E-state index is 10.6. The number of hydrogen-bond acceptors (Lipinski definition) is 5. The van der Waals surface area contributed by atoms with E-state index in [9.17, 15) is 10.1 Å². The second kappa shape index (κ2) is 5.83. The van der Waals surface area contributed by atoms with E-state index in [1.165, 1.54) is 6.07 Å². The molecule has 0 saturated heterocycles. The fourth-order valence-electron chi connectivity index (χ4n) is 1.52. The number of nitro benzene ring substituents is 1. The van der Waals surface area contributed by atoms with Crippen LogP contribution in [-0.4, -0.2) is 14.9 Å². The molecular weight excluding hydrogens is 232 g/mol. The van der Waals surface area contributed by atoms with Gasteiger partial charge in [0.2, 0.25) is 0 Å². The first-order chi connectivity index (χ1) is 8.75. The number of nitrogens with zero attached hydrogens (tertiary/aromatic N) is 3. The molecule has 0 saturated carbocycles. The van der Waals surface area contributed by atoms with Crippen molar-refractivity contribution in [1.82, 2.24) is 15.3 Å². The van der Waals surface area contributed by atoms with Gasteiger partial charge in [-0.2, -0.15) is 0 Å². The highest BCUT2D eigenvalue weighted by atomic mass is 16.6. The first kappa shape index (κ1) is 12.1. The molecule has 2 aromatic rings. The van der Waals surface area contributed by atoms with Gasteiger partial charge in [-0.05, 0) is 11.6 Å². The second-order valence-corrected chi connectivity index (χ2v) is 3.70. The first-order valence-corrected chi connectivity index (χ1v) is 5.45. The Morgan fingerprint density at radius 1 is 1.17 bits per heavy atom. The number of nitro groups is 1. The summed E-state index contributed by atoms with van der Waals surface area (Å²) >= 11 is 0. The zero-order valence-corrected chi connectivity index (χ0v) is 9.61. The van der Waals surface area contributed by atoms with Gasteiger partial charge >= 0.3 is 0 Å². The molecule has 0 aliphatic rings. The third-order valence-electron chi connectivity index (χ3n) is 2.35. The Balaban J connectivity index is 1.90. The highest BCUT2D eigenvalue weighted by Gasteiger charge is 2.05. The molecule has 18 heavy (non-hydrogen) atoms. The van der Waals surface area contributed by atoms with Gasteiger partial charge in [0.15, 0.2) is 0 Å². The topological polar surface area (TPSA) is 81.0 Å². The van der Waals surface area contributed by atoms with Gasteiger partial charge in [-0.3, -0.25) is 10.1 Å². The number of non-ortho nitro benzene ring substituents is 1. The van der Waals surface area contributed by atoms with Crippen molar-refractivity contribution in [1.29, 1.82) is 0 Å².